The van der Waals surface area contributed by atoms with Crippen molar-refractivity contribution in [1.82, 2.24) is 20.2 Å². The van der Waals surface area contributed by atoms with Crippen molar-refractivity contribution < 1.29 is 9.84 Å². The molecule has 6 rings (SSSR count). The van der Waals surface area contributed by atoms with Gasteiger partial charge >= 0.3 is 0 Å². The van der Waals surface area contributed by atoms with Gasteiger partial charge in [0.2, 0.25) is 0 Å². The highest BCUT2D eigenvalue weighted by atomic mass is 16.5. The molecule has 198 valence electrons. The Balaban J connectivity index is 1.15. The van der Waals surface area contributed by atoms with E-state index in [1.54, 1.807) is 6.20 Å². The number of aliphatic hydroxyl groups is 1. The second-order valence-corrected chi connectivity index (χ2v) is 10.7. The molecule has 1 aromatic carbocycles. The van der Waals surface area contributed by atoms with Crippen LogP contribution in [0.4, 0.5) is 11.5 Å². The van der Waals surface area contributed by atoms with Crippen molar-refractivity contribution in [3.63, 3.8) is 0 Å². The van der Waals surface area contributed by atoms with Crippen LogP contribution >= 0.6 is 0 Å². The van der Waals surface area contributed by atoms with Gasteiger partial charge in [-0.3, -0.25) is 9.88 Å². The summed E-state index contributed by atoms with van der Waals surface area (Å²) in [7, 11) is 0. The quantitative estimate of drug-likeness (QED) is 0.542. The molecule has 5 heterocycles. The Hall–Kier alpha value is -3.29. The molecule has 0 amide bonds. The van der Waals surface area contributed by atoms with Crippen molar-refractivity contribution in [2.75, 3.05) is 62.2 Å². The first-order chi connectivity index (χ1) is 18.6. The van der Waals surface area contributed by atoms with Crippen molar-refractivity contribution in [3.05, 3.63) is 59.4 Å². The molecule has 3 aliphatic rings. The molecule has 2 fully saturated rings. The molecule has 3 aromatic rings. The van der Waals surface area contributed by atoms with Gasteiger partial charge in [0.1, 0.15) is 11.9 Å². The van der Waals surface area contributed by atoms with E-state index >= 15 is 0 Å². The summed E-state index contributed by atoms with van der Waals surface area (Å²) >= 11 is 0. The summed E-state index contributed by atoms with van der Waals surface area (Å²) in [5, 5.41) is 24.8. The van der Waals surface area contributed by atoms with Crippen molar-refractivity contribution in [3.8, 4) is 6.07 Å². The van der Waals surface area contributed by atoms with Gasteiger partial charge in [-0.05, 0) is 42.8 Å². The Bertz CT molecular complexity index is 1340. The highest BCUT2D eigenvalue weighted by molar-refractivity contribution is 5.95. The number of pyridine rings is 2. The van der Waals surface area contributed by atoms with Crippen LogP contribution in [0.3, 0.4) is 0 Å². The van der Waals surface area contributed by atoms with Gasteiger partial charge in [-0.25, -0.2) is 4.98 Å². The smallest absolute Gasteiger partial charge is 0.128 e. The fourth-order valence-electron chi connectivity index (χ4n) is 6.09. The van der Waals surface area contributed by atoms with Crippen molar-refractivity contribution in [1.29, 1.82) is 5.26 Å². The number of fused-ring (bicyclic) bond motifs is 2. The Labute approximate surface area is 223 Å². The molecule has 9 heteroatoms. The number of aliphatic hydroxyl groups excluding tert-OH is 1. The van der Waals surface area contributed by atoms with Crippen LogP contribution in [0.5, 0.6) is 0 Å². The third-order valence-electron chi connectivity index (χ3n) is 7.81. The summed E-state index contributed by atoms with van der Waals surface area (Å²) in [4.78, 5) is 16.3. The van der Waals surface area contributed by atoms with Crippen LogP contribution in [-0.2, 0) is 17.7 Å². The summed E-state index contributed by atoms with van der Waals surface area (Å²) < 4.78 is 6.38. The third kappa shape index (κ3) is 5.18. The van der Waals surface area contributed by atoms with Crippen LogP contribution in [-0.4, -0.2) is 90.6 Å². The molecule has 0 aliphatic carbocycles. The topological polar surface area (TPSA) is 101 Å². The number of nitrogens with zero attached hydrogens (tertiary/aromatic N) is 6. The molecule has 2 aromatic heterocycles. The van der Waals surface area contributed by atoms with Gasteiger partial charge in [0.05, 0.1) is 29.4 Å². The summed E-state index contributed by atoms with van der Waals surface area (Å²) in [6.45, 7) is 9.09. The first-order valence-electron chi connectivity index (χ1n) is 13.6. The van der Waals surface area contributed by atoms with Crippen molar-refractivity contribution >= 4 is 22.4 Å². The zero-order chi connectivity index (χ0) is 26.1. The number of rotatable bonds is 4. The first kappa shape index (κ1) is 25.0. The maximum atomic E-state index is 10.9. The van der Waals surface area contributed by atoms with Gasteiger partial charge < -0.3 is 25.0 Å². The van der Waals surface area contributed by atoms with Gasteiger partial charge in [0.15, 0.2) is 0 Å². The maximum absolute atomic E-state index is 10.9. The maximum Gasteiger partial charge on any atom is 0.128 e. The van der Waals surface area contributed by atoms with E-state index in [1.807, 2.05) is 24.3 Å². The van der Waals surface area contributed by atoms with Crippen LogP contribution < -0.4 is 15.1 Å². The lowest BCUT2D eigenvalue weighted by Crippen LogP contribution is -2.51. The molecule has 0 bridgehead atoms. The average Bonchev–Trinajstić information content (AvgIpc) is 3.12. The Morgan fingerprint density at radius 2 is 2.03 bits per heavy atom. The van der Waals surface area contributed by atoms with Crippen molar-refractivity contribution in [2.24, 2.45) is 0 Å². The monoisotopic (exact) mass is 513 g/mol. The largest absolute Gasteiger partial charge is 0.390 e. The molecule has 2 N–H and O–H groups in total. The number of hydrogen-bond donors (Lipinski definition) is 2. The Morgan fingerprint density at radius 3 is 2.92 bits per heavy atom. The number of nitriles is 1. The molecule has 3 aliphatic heterocycles. The van der Waals surface area contributed by atoms with E-state index in [2.05, 4.69) is 50.1 Å². The summed E-state index contributed by atoms with van der Waals surface area (Å²) in [6, 6.07) is 14.4. The van der Waals surface area contributed by atoms with E-state index in [4.69, 9.17) is 9.72 Å². The molecular formula is C29H35N7O2. The zero-order valence-electron chi connectivity index (χ0n) is 21.9. The number of nitrogens with one attached hydrogen (secondary N) is 1. The van der Waals surface area contributed by atoms with Crippen LogP contribution in [0.25, 0.3) is 10.9 Å². The predicted molar refractivity (Wildman–Crippen MR) is 147 cm³/mol. The molecule has 2 saturated heterocycles. The van der Waals surface area contributed by atoms with Crippen LogP contribution in [0.2, 0.25) is 0 Å². The predicted octanol–water partition coefficient (Wildman–Crippen LogP) is 1.92. The fraction of sp³-hybridized carbons (Fsp3) is 0.483. The zero-order valence-corrected chi connectivity index (χ0v) is 21.9. The molecule has 0 radical (unpaired) electrons. The average molecular weight is 514 g/mol. The SMILES string of the molecule is C[C@@H]1CN(c2ccc(C#N)c3ncccc23)C[C@H](CN2CCN(c3ccc4c(n3)CCNC4)C[C@H](O)C2)O1. The normalized spacial score (nSPS) is 24.6. The summed E-state index contributed by atoms with van der Waals surface area (Å²) in [5.41, 5.74) is 4.87. The van der Waals surface area contributed by atoms with Crippen LogP contribution in [0.1, 0.15) is 23.7 Å². The molecule has 38 heavy (non-hydrogen) atoms. The van der Waals surface area contributed by atoms with E-state index in [0.717, 1.165) is 74.6 Å². The number of benzene rings is 1. The number of aromatic nitrogens is 2. The molecule has 0 spiro atoms. The molecule has 0 unspecified atom stereocenters. The van der Waals surface area contributed by atoms with Crippen molar-refractivity contribution in [2.45, 2.75) is 38.2 Å². The van der Waals surface area contributed by atoms with Crippen LogP contribution in [0, 0.1) is 11.3 Å². The van der Waals surface area contributed by atoms with Gasteiger partial charge in [-0.1, -0.05) is 6.07 Å². The fourth-order valence-corrected chi connectivity index (χ4v) is 6.09. The number of β-amino-alcohol motifs (C(OH)–C–C–N with tert-alkyl or cyclic N) is 1. The first-order valence-corrected chi connectivity index (χ1v) is 13.6. The van der Waals surface area contributed by atoms with E-state index in [9.17, 15) is 10.4 Å². The minimum atomic E-state index is -0.456. The highest BCUT2D eigenvalue weighted by Crippen LogP contribution is 2.30. The second kappa shape index (κ2) is 10.8. The number of hydrogen-bond acceptors (Lipinski definition) is 9. The van der Waals surface area contributed by atoms with Gasteiger partial charge in [0.25, 0.3) is 0 Å². The lowest BCUT2D eigenvalue weighted by atomic mass is 10.1. The number of morpholine rings is 1. The van der Waals surface area contributed by atoms with E-state index < -0.39 is 6.10 Å². The molecule has 0 saturated carbocycles. The lowest BCUT2D eigenvalue weighted by Gasteiger charge is -2.40. The minimum Gasteiger partial charge on any atom is -0.390 e. The van der Waals surface area contributed by atoms with E-state index in [1.165, 1.54) is 11.3 Å². The Morgan fingerprint density at radius 1 is 1.11 bits per heavy atom. The molecular weight excluding hydrogens is 478 g/mol. The molecule has 9 nitrogen and oxygen atoms in total. The summed E-state index contributed by atoms with van der Waals surface area (Å²) in [5.74, 6) is 0.960. The van der Waals surface area contributed by atoms with E-state index in [0.29, 0.717) is 18.7 Å². The van der Waals surface area contributed by atoms with E-state index in [-0.39, 0.29) is 12.2 Å². The standard InChI is InChI=1S/C29H35N7O2/c1-20-15-36(27-6-4-21(13-30)29-25(27)3-2-9-32-29)19-24(38-20)18-34-11-12-35(17-23(37)16-34)28-7-5-22-14-31-10-8-26(22)33-28/h2-7,9,20,23-24,31,37H,8,10-12,14-19H2,1H3/t20-,23-,24+/m1/s1. The number of anilines is 2. The third-order valence-corrected chi connectivity index (χ3v) is 7.81. The second-order valence-electron chi connectivity index (χ2n) is 10.7. The van der Waals surface area contributed by atoms with Gasteiger partial charge in [-0.15, -0.1) is 0 Å². The molecule has 3 atom stereocenters. The highest BCUT2D eigenvalue weighted by Gasteiger charge is 2.30. The lowest BCUT2D eigenvalue weighted by molar-refractivity contribution is -0.0349. The Kier molecular flexibility index (Phi) is 7.13. The number of ether oxygens (including phenoxy) is 1. The van der Waals surface area contributed by atoms with Gasteiger partial charge in [-0.2, -0.15) is 5.26 Å². The van der Waals surface area contributed by atoms with Gasteiger partial charge in [0, 0.05) is 88.3 Å². The summed E-state index contributed by atoms with van der Waals surface area (Å²) in [6.07, 6.45) is 2.31. The van der Waals surface area contributed by atoms with Crippen LogP contribution in [0.15, 0.2) is 42.6 Å². The minimum absolute atomic E-state index is 0.00855.